The van der Waals surface area contributed by atoms with Crippen LogP contribution in [-0.2, 0) is 0 Å². The predicted octanol–water partition coefficient (Wildman–Crippen LogP) is 4.10. The van der Waals surface area contributed by atoms with Gasteiger partial charge in [-0.05, 0) is 42.8 Å². The zero-order valence-corrected chi connectivity index (χ0v) is 12.8. The molecule has 0 saturated carbocycles. The molecule has 0 radical (unpaired) electrons. The van der Waals surface area contributed by atoms with Gasteiger partial charge in [0.25, 0.3) is 5.56 Å². The van der Waals surface area contributed by atoms with E-state index < -0.39 is 0 Å². The van der Waals surface area contributed by atoms with E-state index in [1.165, 1.54) is 0 Å². The Bertz CT molecular complexity index is 891. The fraction of sp³-hybridized carbons (Fsp3) is 0.118. The third kappa shape index (κ3) is 3.06. The van der Waals surface area contributed by atoms with Crippen molar-refractivity contribution in [2.75, 3.05) is 7.11 Å². The standard InChI is InChI=1S/C17H16N4O2/c1-11-5-3-4-6-14(11)18-20-16-15(19-21-17(16)22)12-7-9-13(23-2)10-8-12/h3-10H,1-2H3,(H2,19,21,22). The maximum atomic E-state index is 12.0. The molecule has 0 spiro atoms. The van der Waals surface area contributed by atoms with E-state index in [2.05, 4.69) is 20.4 Å². The molecule has 3 rings (SSSR count). The fourth-order valence-corrected chi connectivity index (χ4v) is 2.19. The molecule has 0 aliphatic rings. The summed E-state index contributed by atoms with van der Waals surface area (Å²) in [5.74, 6) is 0.745. The van der Waals surface area contributed by atoms with Gasteiger partial charge in [-0.3, -0.25) is 15.0 Å². The first kappa shape index (κ1) is 14.8. The van der Waals surface area contributed by atoms with Crippen molar-refractivity contribution in [3.8, 4) is 17.0 Å². The number of azo groups is 1. The van der Waals surface area contributed by atoms with Crippen LogP contribution in [0.2, 0.25) is 0 Å². The number of aromatic nitrogens is 2. The fourth-order valence-electron chi connectivity index (χ4n) is 2.19. The quantitative estimate of drug-likeness (QED) is 0.711. The molecule has 0 amide bonds. The Morgan fingerprint density at radius 3 is 2.39 bits per heavy atom. The third-order valence-electron chi connectivity index (χ3n) is 3.50. The van der Waals surface area contributed by atoms with Crippen LogP contribution in [0.25, 0.3) is 11.3 Å². The Balaban J connectivity index is 1.99. The minimum atomic E-state index is -0.312. The zero-order chi connectivity index (χ0) is 16.2. The summed E-state index contributed by atoms with van der Waals surface area (Å²) in [6.45, 7) is 1.94. The van der Waals surface area contributed by atoms with E-state index in [0.29, 0.717) is 5.69 Å². The monoisotopic (exact) mass is 308 g/mol. The van der Waals surface area contributed by atoms with E-state index >= 15 is 0 Å². The number of ether oxygens (including phenoxy) is 1. The normalized spacial score (nSPS) is 11.0. The molecular weight excluding hydrogens is 292 g/mol. The Kier molecular flexibility index (Phi) is 4.05. The van der Waals surface area contributed by atoms with E-state index in [0.717, 1.165) is 22.6 Å². The second-order valence-electron chi connectivity index (χ2n) is 5.02. The molecule has 6 heteroatoms. The third-order valence-corrected chi connectivity index (χ3v) is 3.50. The molecule has 0 unspecified atom stereocenters. The number of benzene rings is 2. The lowest BCUT2D eigenvalue weighted by Gasteiger charge is -2.02. The maximum Gasteiger partial charge on any atom is 0.292 e. The maximum absolute atomic E-state index is 12.0. The smallest absolute Gasteiger partial charge is 0.292 e. The number of nitrogens with zero attached hydrogens (tertiary/aromatic N) is 2. The van der Waals surface area contributed by atoms with Crippen molar-refractivity contribution in [3.63, 3.8) is 0 Å². The average Bonchev–Trinajstić information content (AvgIpc) is 2.95. The number of nitrogens with one attached hydrogen (secondary N) is 2. The summed E-state index contributed by atoms with van der Waals surface area (Å²) in [6.07, 6.45) is 0. The zero-order valence-electron chi connectivity index (χ0n) is 12.8. The highest BCUT2D eigenvalue weighted by Crippen LogP contribution is 2.28. The lowest BCUT2D eigenvalue weighted by molar-refractivity contribution is 0.415. The van der Waals surface area contributed by atoms with E-state index in [9.17, 15) is 4.79 Å². The largest absolute Gasteiger partial charge is 0.497 e. The van der Waals surface area contributed by atoms with Gasteiger partial charge in [-0.15, -0.1) is 5.11 Å². The van der Waals surface area contributed by atoms with E-state index in [-0.39, 0.29) is 11.2 Å². The number of aryl methyl sites for hydroxylation is 1. The van der Waals surface area contributed by atoms with Gasteiger partial charge >= 0.3 is 0 Å². The summed E-state index contributed by atoms with van der Waals surface area (Å²) in [7, 11) is 1.61. The number of hydrogen-bond acceptors (Lipinski definition) is 4. The molecule has 0 fully saturated rings. The molecule has 2 N–H and O–H groups in total. The molecule has 3 aromatic rings. The van der Waals surface area contributed by atoms with Crippen LogP contribution >= 0.6 is 0 Å². The van der Waals surface area contributed by atoms with Crippen LogP contribution in [0.5, 0.6) is 5.75 Å². The number of aromatic amines is 2. The van der Waals surface area contributed by atoms with Crippen molar-refractivity contribution in [2.24, 2.45) is 10.2 Å². The first-order valence-electron chi connectivity index (χ1n) is 7.11. The van der Waals surface area contributed by atoms with Gasteiger partial charge in [-0.25, -0.2) is 0 Å². The first-order valence-corrected chi connectivity index (χ1v) is 7.11. The first-order chi connectivity index (χ1) is 11.2. The van der Waals surface area contributed by atoms with Gasteiger partial charge in [0, 0.05) is 5.56 Å². The van der Waals surface area contributed by atoms with Crippen LogP contribution in [0.4, 0.5) is 11.4 Å². The van der Waals surface area contributed by atoms with Crippen molar-refractivity contribution in [1.29, 1.82) is 0 Å². The lowest BCUT2D eigenvalue weighted by Crippen LogP contribution is -1.96. The summed E-state index contributed by atoms with van der Waals surface area (Å²) in [5.41, 5.74) is 3.08. The van der Waals surface area contributed by atoms with Gasteiger partial charge in [0.2, 0.25) is 0 Å². The summed E-state index contributed by atoms with van der Waals surface area (Å²) >= 11 is 0. The topological polar surface area (TPSA) is 82.6 Å². The van der Waals surface area contributed by atoms with Gasteiger partial charge in [0.1, 0.15) is 5.75 Å². The molecule has 6 nitrogen and oxygen atoms in total. The van der Waals surface area contributed by atoms with Crippen LogP contribution in [0, 0.1) is 6.92 Å². The Hall–Kier alpha value is -3.15. The molecule has 23 heavy (non-hydrogen) atoms. The van der Waals surface area contributed by atoms with Crippen molar-refractivity contribution >= 4 is 11.4 Å². The van der Waals surface area contributed by atoms with Crippen LogP contribution in [0.1, 0.15) is 5.56 Å². The Labute approximate surface area is 132 Å². The van der Waals surface area contributed by atoms with E-state index in [4.69, 9.17) is 4.74 Å². The molecule has 1 heterocycles. The summed E-state index contributed by atoms with van der Waals surface area (Å²) < 4.78 is 5.14. The van der Waals surface area contributed by atoms with Gasteiger partial charge in [-0.1, -0.05) is 18.2 Å². The summed E-state index contributed by atoms with van der Waals surface area (Å²) in [4.78, 5) is 12.0. The second-order valence-corrected chi connectivity index (χ2v) is 5.02. The SMILES string of the molecule is COc1ccc(-c2[nH][nH]c(=O)c2N=Nc2ccccc2C)cc1. The van der Waals surface area contributed by atoms with Gasteiger partial charge in [0.15, 0.2) is 5.69 Å². The van der Waals surface area contributed by atoms with Crippen molar-refractivity contribution < 1.29 is 4.74 Å². The van der Waals surface area contributed by atoms with Crippen LogP contribution < -0.4 is 10.3 Å². The predicted molar refractivity (Wildman–Crippen MR) is 88.8 cm³/mol. The lowest BCUT2D eigenvalue weighted by atomic mass is 10.1. The molecule has 0 aliphatic heterocycles. The minimum Gasteiger partial charge on any atom is -0.497 e. The van der Waals surface area contributed by atoms with Gasteiger partial charge in [0.05, 0.1) is 18.5 Å². The van der Waals surface area contributed by atoms with Crippen molar-refractivity contribution in [2.45, 2.75) is 6.92 Å². The summed E-state index contributed by atoms with van der Waals surface area (Å²) in [6, 6.07) is 15.0. The second kappa shape index (κ2) is 6.31. The molecule has 0 bridgehead atoms. The van der Waals surface area contributed by atoms with E-state index in [1.54, 1.807) is 7.11 Å². The highest BCUT2D eigenvalue weighted by atomic mass is 16.5. The van der Waals surface area contributed by atoms with Crippen molar-refractivity contribution in [3.05, 3.63) is 64.4 Å². The van der Waals surface area contributed by atoms with Crippen LogP contribution in [0.3, 0.4) is 0 Å². The van der Waals surface area contributed by atoms with Crippen molar-refractivity contribution in [1.82, 2.24) is 10.2 Å². The van der Waals surface area contributed by atoms with Gasteiger partial charge in [-0.2, -0.15) is 5.11 Å². The molecular formula is C17H16N4O2. The molecule has 1 aromatic heterocycles. The Morgan fingerprint density at radius 2 is 1.70 bits per heavy atom. The van der Waals surface area contributed by atoms with Crippen LogP contribution in [-0.4, -0.2) is 17.3 Å². The highest BCUT2D eigenvalue weighted by Gasteiger charge is 2.11. The van der Waals surface area contributed by atoms with E-state index in [1.807, 2.05) is 55.5 Å². The number of rotatable bonds is 4. The van der Waals surface area contributed by atoms with Crippen LogP contribution in [0.15, 0.2) is 63.6 Å². The molecule has 2 aromatic carbocycles. The number of methoxy groups -OCH3 is 1. The Morgan fingerprint density at radius 1 is 0.957 bits per heavy atom. The number of hydrogen-bond donors (Lipinski definition) is 2. The minimum absolute atomic E-state index is 0.249. The molecule has 0 saturated heterocycles. The highest BCUT2D eigenvalue weighted by molar-refractivity contribution is 5.71. The van der Waals surface area contributed by atoms with Gasteiger partial charge < -0.3 is 4.74 Å². The number of H-pyrrole nitrogens is 2. The molecule has 116 valence electrons. The summed E-state index contributed by atoms with van der Waals surface area (Å²) in [5, 5.41) is 13.7. The molecule has 0 aliphatic carbocycles. The molecule has 0 atom stereocenters. The average molecular weight is 308 g/mol.